The number of carbonyl (C=O) groups excluding carboxylic acids is 2. The summed E-state index contributed by atoms with van der Waals surface area (Å²) >= 11 is 0. The van der Waals surface area contributed by atoms with Crippen molar-refractivity contribution in [2.45, 2.75) is 18.9 Å². The molecular formula is C24H23N3O3. The Hall–Kier alpha value is -3.67. The monoisotopic (exact) mass is 401 g/mol. The van der Waals surface area contributed by atoms with Crippen molar-refractivity contribution in [2.24, 2.45) is 0 Å². The highest BCUT2D eigenvalue weighted by Gasteiger charge is 2.34. The number of ether oxygens (including phenoxy) is 1. The van der Waals surface area contributed by atoms with Crippen LogP contribution in [0.3, 0.4) is 0 Å². The van der Waals surface area contributed by atoms with Gasteiger partial charge in [-0.2, -0.15) is 0 Å². The topological polar surface area (TPSA) is 71.5 Å². The second kappa shape index (κ2) is 8.78. The number of para-hydroxylation sites is 1. The van der Waals surface area contributed by atoms with Crippen molar-refractivity contribution in [3.8, 4) is 16.9 Å². The average Bonchev–Trinajstić information content (AvgIpc) is 3.30. The lowest BCUT2D eigenvalue weighted by atomic mass is 10.0. The van der Waals surface area contributed by atoms with Gasteiger partial charge in [0.05, 0.1) is 7.11 Å². The van der Waals surface area contributed by atoms with Gasteiger partial charge in [-0.1, -0.05) is 30.3 Å². The smallest absolute Gasteiger partial charge is 0.254 e. The standard InChI is InChI=1S/C24H23N3O3/c1-30-19-10-8-17(9-11-19)20-5-2-3-6-21(20)26-23(28)22-7-4-16-27(22)24(29)18-12-14-25-15-13-18/h2-3,5-6,8-15,22H,4,7,16H2,1H3,(H,26,28). The molecule has 30 heavy (non-hydrogen) atoms. The number of nitrogens with one attached hydrogen (secondary N) is 1. The first-order valence-electron chi connectivity index (χ1n) is 9.92. The Balaban J connectivity index is 1.54. The van der Waals surface area contributed by atoms with Gasteiger partial charge in [0.15, 0.2) is 0 Å². The van der Waals surface area contributed by atoms with Crippen molar-refractivity contribution in [1.82, 2.24) is 9.88 Å². The fourth-order valence-corrected chi connectivity index (χ4v) is 3.77. The van der Waals surface area contributed by atoms with E-state index in [1.807, 2.05) is 48.5 Å². The van der Waals surface area contributed by atoms with Crippen LogP contribution in [0.4, 0.5) is 5.69 Å². The van der Waals surface area contributed by atoms with Crippen LogP contribution in [0.5, 0.6) is 5.75 Å². The Kier molecular flexibility index (Phi) is 5.75. The fraction of sp³-hybridized carbons (Fsp3) is 0.208. The van der Waals surface area contributed by atoms with Crippen molar-refractivity contribution in [3.05, 3.63) is 78.6 Å². The molecule has 6 nitrogen and oxygen atoms in total. The van der Waals surface area contributed by atoms with Crippen LogP contribution in [-0.2, 0) is 4.79 Å². The summed E-state index contributed by atoms with van der Waals surface area (Å²) in [5, 5.41) is 3.04. The summed E-state index contributed by atoms with van der Waals surface area (Å²) in [5.74, 6) is 0.464. The normalized spacial score (nSPS) is 15.6. The van der Waals surface area contributed by atoms with Gasteiger partial charge in [-0.05, 0) is 48.7 Å². The van der Waals surface area contributed by atoms with E-state index in [-0.39, 0.29) is 11.8 Å². The van der Waals surface area contributed by atoms with Crippen molar-refractivity contribution in [2.75, 3.05) is 19.0 Å². The number of hydrogen-bond donors (Lipinski definition) is 1. The van der Waals surface area contributed by atoms with Gasteiger partial charge in [0.25, 0.3) is 5.91 Å². The maximum absolute atomic E-state index is 13.1. The number of likely N-dealkylation sites (tertiary alicyclic amines) is 1. The van der Waals surface area contributed by atoms with E-state index in [2.05, 4.69) is 10.3 Å². The van der Waals surface area contributed by atoms with Gasteiger partial charge in [-0.15, -0.1) is 0 Å². The summed E-state index contributed by atoms with van der Waals surface area (Å²) in [4.78, 5) is 31.6. The molecule has 0 radical (unpaired) electrons. The second-order valence-corrected chi connectivity index (χ2v) is 7.16. The van der Waals surface area contributed by atoms with Crippen LogP contribution in [-0.4, -0.2) is 41.4 Å². The minimum atomic E-state index is -0.491. The largest absolute Gasteiger partial charge is 0.497 e. The van der Waals surface area contributed by atoms with E-state index in [0.29, 0.717) is 18.5 Å². The lowest BCUT2D eigenvalue weighted by molar-refractivity contribution is -0.119. The molecule has 1 aromatic heterocycles. The Morgan fingerprint density at radius 3 is 2.50 bits per heavy atom. The first kappa shape index (κ1) is 19.6. The van der Waals surface area contributed by atoms with E-state index in [1.165, 1.54) is 0 Å². The number of anilines is 1. The predicted octanol–water partition coefficient (Wildman–Crippen LogP) is 4.00. The Morgan fingerprint density at radius 1 is 1.03 bits per heavy atom. The Labute approximate surface area is 175 Å². The molecule has 2 amide bonds. The molecule has 3 aromatic rings. The molecule has 4 rings (SSSR count). The summed E-state index contributed by atoms with van der Waals surface area (Å²) in [6.45, 7) is 0.569. The van der Waals surface area contributed by atoms with E-state index < -0.39 is 6.04 Å². The molecule has 1 atom stereocenters. The quantitative estimate of drug-likeness (QED) is 0.701. The molecule has 0 aliphatic carbocycles. The summed E-state index contributed by atoms with van der Waals surface area (Å²) in [7, 11) is 1.63. The molecule has 1 N–H and O–H groups in total. The van der Waals surface area contributed by atoms with Gasteiger partial charge in [-0.25, -0.2) is 0 Å². The van der Waals surface area contributed by atoms with Gasteiger partial charge in [0.2, 0.25) is 5.91 Å². The number of hydrogen-bond acceptors (Lipinski definition) is 4. The molecule has 152 valence electrons. The Bertz CT molecular complexity index is 1040. The number of nitrogens with zero attached hydrogens (tertiary/aromatic N) is 2. The van der Waals surface area contributed by atoms with Crippen LogP contribution in [0.25, 0.3) is 11.1 Å². The van der Waals surface area contributed by atoms with Crippen molar-refractivity contribution >= 4 is 17.5 Å². The van der Waals surface area contributed by atoms with Gasteiger partial charge in [0, 0.05) is 35.8 Å². The van der Waals surface area contributed by atoms with E-state index in [1.54, 1.807) is 36.5 Å². The molecule has 1 aliphatic rings. The number of amides is 2. The van der Waals surface area contributed by atoms with Gasteiger partial charge in [-0.3, -0.25) is 14.6 Å². The minimum absolute atomic E-state index is 0.140. The average molecular weight is 401 g/mol. The number of methoxy groups -OCH3 is 1. The molecule has 6 heteroatoms. The first-order chi connectivity index (χ1) is 14.7. The number of pyridine rings is 1. The molecule has 0 saturated carbocycles. The molecule has 0 bridgehead atoms. The molecule has 1 saturated heterocycles. The third-order valence-corrected chi connectivity index (χ3v) is 5.33. The summed E-state index contributed by atoms with van der Waals surface area (Å²) in [5.41, 5.74) is 3.15. The first-order valence-corrected chi connectivity index (χ1v) is 9.92. The van der Waals surface area contributed by atoms with Gasteiger partial charge < -0.3 is 15.0 Å². The maximum atomic E-state index is 13.1. The van der Waals surface area contributed by atoms with Crippen LogP contribution in [0.15, 0.2) is 73.1 Å². The lowest BCUT2D eigenvalue weighted by Crippen LogP contribution is -2.43. The zero-order valence-electron chi connectivity index (χ0n) is 16.7. The van der Waals surface area contributed by atoms with Crippen LogP contribution < -0.4 is 10.1 Å². The molecule has 1 aliphatic heterocycles. The summed E-state index contributed by atoms with van der Waals surface area (Å²) in [6, 6.07) is 18.2. The number of aromatic nitrogens is 1. The highest BCUT2D eigenvalue weighted by Crippen LogP contribution is 2.30. The minimum Gasteiger partial charge on any atom is -0.497 e. The molecule has 1 fully saturated rings. The van der Waals surface area contributed by atoms with Crippen molar-refractivity contribution in [3.63, 3.8) is 0 Å². The van der Waals surface area contributed by atoms with E-state index in [0.717, 1.165) is 29.0 Å². The Morgan fingerprint density at radius 2 is 1.77 bits per heavy atom. The second-order valence-electron chi connectivity index (χ2n) is 7.16. The SMILES string of the molecule is COc1ccc(-c2ccccc2NC(=O)C2CCCN2C(=O)c2ccncc2)cc1. The molecular weight excluding hydrogens is 378 g/mol. The molecule has 2 aromatic carbocycles. The highest BCUT2D eigenvalue weighted by molar-refractivity contribution is 6.03. The zero-order chi connectivity index (χ0) is 20.9. The highest BCUT2D eigenvalue weighted by atomic mass is 16.5. The van der Waals surface area contributed by atoms with Crippen molar-refractivity contribution in [1.29, 1.82) is 0 Å². The molecule has 2 heterocycles. The maximum Gasteiger partial charge on any atom is 0.254 e. The predicted molar refractivity (Wildman–Crippen MR) is 115 cm³/mol. The third-order valence-electron chi connectivity index (χ3n) is 5.33. The lowest BCUT2D eigenvalue weighted by Gasteiger charge is -2.24. The molecule has 0 spiro atoms. The van der Waals surface area contributed by atoms with E-state index in [4.69, 9.17) is 4.74 Å². The van der Waals surface area contributed by atoms with E-state index in [9.17, 15) is 9.59 Å². The summed E-state index contributed by atoms with van der Waals surface area (Å²) in [6.07, 6.45) is 4.62. The van der Waals surface area contributed by atoms with Crippen molar-refractivity contribution < 1.29 is 14.3 Å². The van der Waals surface area contributed by atoms with Crippen LogP contribution in [0.2, 0.25) is 0 Å². The number of rotatable bonds is 5. The fourth-order valence-electron chi connectivity index (χ4n) is 3.77. The van der Waals surface area contributed by atoms with E-state index >= 15 is 0 Å². The number of carbonyl (C=O) groups is 2. The van der Waals surface area contributed by atoms with Crippen LogP contribution >= 0.6 is 0 Å². The summed E-state index contributed by atoms with van der Waals surface area (Å²) < 4.78 is 5.23. The number of benzene rings is 2. The van der Waals surface area contributed by atoms with Crippen LogP contribution in [0, 0.1) is 0 Å². The molecule has 1 unspecified atom stereocenters. The van der Waals surface area contributed by atoms with Gasteiger partial charge >= 0.3 is 0 Å². The third kappa shape index (κ3) is 4.03. The van der Waals surface area contributed by atoms with Crippen LogP contribution in [0.1, 0.15) is 23.2 Å². The van der Waals surface area contributed by atoms with Gasteiger partial charge in [0.1, 0.15) is 11.8 Å². The zero-order valence-corrected chi connectivity index (χ0v) is 16.7.